The van der Waals surface area contributed by atoms with Gasteiger partial charge in [-0.25, -0.2) is 4.79 Å². The lowest BCUT2D eigenvalue weighted by atomic mass is 9.83. The molecule has 0 aromatic rings. The third-order valence-corrected chi connectivity index (χ3v) is 3.04. The van der Waals surface area contributed by atoms with E-state index in [4.69, 9.17) is 5.11 Å². The van der Waals surface area contributed by atoms with E-state index in [1.165, 1.54) is 0 Å². The molecule has 0 aromatic carbocycles. The van der Waals surface area contributed by atoms with Gasteiger partial charge in [-0.15, -0.1) is 13.2 Å². The Hall–Kier alpha value is -1.31. The predicted octanol–water partition coefficient (Wildman–Crippen LogP) is 2.64. The number of carbonyl (C=O) groups is 1. The number of carboxylic acids is 1. The smallest absolute Gasteiger partial charge is 0.331 e. The zero-order chi connectivity index (χ0) is 10.7. The lowest BCUT2D eigenvalue weighted by Gasteiger charge is -2.20. The SMILES string of the molecule is C=C[C@@H]1CC[C@H](C=C)C1C(=C)C(=O)O. The van der Waals surface area contributed by atoms with Gasteiger partial charge in [0.2, 0.25) is 0 Å². The molecule has 2 nitrogen and oxygen atoms in total. The van der Waals surface area contributed by atoms with Crippen LogP contribution in [0.15, 0.2) is 37.5 Å². The second kappa shape index (κ2) is 4.27. The monoisotopic (exact) mass is 192 g/mol. The minimum absolute atomic E-state index is 0.0116. The van der Waals surface area contributed by atoms with Crippen molar-refractivity contribution in [3.8, 4) is 0 Å². The molecule has 0 heterocycles. The summed E-state index contributed by atoms with van der Waals surface area (Å²) in [7, 11) is 0. The van der Waals surface area contributed by atoms with Gasteiger partial charge in [0.15, 0.2) is 0 Å². The Balaban J connectivity index is 2.88. The van der Waals surface area contributed by atoms with E-state index in [2.05, 4.69) is 19.7 Å². The number of allylic oxidation sites excluding steroid dienone is 2. The zero-order valence-electron chi connectivity index (χ0n) is 8.28. The molecule has 1 aliphatic rings. The van der Waals surface area contributed by atoms with Crippen LogP contribution in [0.4, 0.5) is 0 Å². The molecule has 0 amide bonds. The van der Waals surface area contributed by atoms with Gasteiger partial charge in [-0.2, -0.15) is 0 Å². The molecule has 3 atom stereocenters. The first kappa shape index (κ1) is 10.8. The molecule has 0 spiro atoms. The molecule has 76 valence electrons. The minimum Gasteiger partial charge on any atom is -0.478 e. The van der Waals surface area contributed by atoms with Crippen LogP contribution in [0.5, 0.6) is 0 Å². The Morgan fingerprint density at radius 1 is 1.21 bits per heavy atom. The summed E-state index contributed by atoms with van der Waals surface area (Å²) in [6.45, 7) is 11.1. The van der Waals surface area contributed by atoms with E-state index in [-0.39, 0.29) is 23.3 Å². The summed E-state index contributed by atoms with van der Waals surface area (Å²) in [5.74, 6) is -0.443. The Morgan fingerprint density at radius 3 is 1.93 bits per heavy atom. The van der Waals surface area contributed by atoms with Crippen molar-refractivity contribution in [2.24, 2.45) is 17.8 Å². The van der Waals surface area contributed by atoms with Crippen LogP contribution in [0.2, 0.25) is 0 Å². The molecule has 1 aliphatic carbocycles. The van der Waals surface area contributed by atoms with E-state index >= 15 is 0 Å². The van der Waals surface area contributed by atoms with Gasteiger partial charge < -0.3 is 5.11 Å². The number of rotatable bonds is 4. The molecule has 1 saturated carbocycles. The molecule has 1 N–H and O–H groups in total. The summed E-state index contributed by atoms with van der Waals surface area (Å²) in [4.78, 5) is 10.8. The summed E-state index contributed by atoms with van der Waals surface area (Å²) < 4.78 is 0. The van der Waals surface area contributed by atoms with Crippen LogP contribution in [0, 0.1) is 17.8 Å². The first-order valence-electron chi connectivity index (χ1n) is 4.79. The van der Waals surface area contributed by atoms with Crippen molar-refractivity contribution in [2.75, 3.05) is 0 Å². The summed E-state index contributed by atoms with van der Waals surface area (Å²) in [6, 6.07) is 0. The highest BCUT2D eigenvalue weighted by molar-refractivity contribution is 5.86. The molecule has 14 heavy (non-hydrogen) atoms. The van der Waals surface area contributed by atoms with Crippen LogP contribution >= 0.6 is 0 Å². The second-order valence-electron chi connectivity index (χ2n) is 3.73. The Morgan fingerprint density at radius 2 is 1.64 bits per heavy atom. The average molecular weight is 192 g/mol. The lowest BCUT2D eigenvalue weighted by Crippen LogP contribution is -2.19. The molecule has 0 bridgehead atoms. The van der Waals surface area contributed by atoms with Gasteiger partial charge in [-0.1, -0.05) is 18.7 Å². The van der Waals surface area contributed by atoms with Crippen LogP contribution < -0.4 is 0 Å². The van der Waals surface area contributed by atoms with E-state index in [1.807, 2.05) is 12.2 Å². The molecule has 0 radical (unpaired) electrons. The maximum absolute atomic E-state index is 10.8. The van der Waals surface area contributed by atoms with Gasteiger partial charge >= 0.3 is 5.97 Å². The predicted molar refractivity (Wildman–Crippen MR) is 56.9 cm³/mol. The van der Waals surface area contributed by atoms with E-state index in [9.17, 15) is 4.79 Å². The molecule has 1 unspecified atom stereocenters. The normalized spacial score (nSPS) is 31.0. The zero-order valence-corrected chi connectivity index (χ0v) is 8.28. The summed E-state index contributed by atoms with van der Waals surface area (Å²) in [5, 5.41) is 8.90. The van der Waals surface area contributed by atoms with Gasteiger partial charge in [0.25, 0.3) is 0 Å². The average Bonchev–Trinajstić information content (AvgIpc) is 2.58. The van der Waals surface area contributed by atoms with Crippen molar-refractivity contribution in [3.63, 3.8) is 0 Å². The summed E-state index contributed by atoms with van der Waals surface area (Å²) >= 11 is 0. The van der Waals surface area contributed by atoms with Gasteiger partial charge in [0.05, 0.1) is 0 Å². The first-order valence-corrected chi connectivity index (χ1v) is 4.79. The van der Waals surface area contributed by atoms with Gasteiger partial charge in [0, 0.05) is 11.5 Å². The quantitative estimate of drug-likeness (QED) is 0.549. The number of aliphatic carboxylic acids is 1. The third kappa shape index (κ3) is 1.79. The fraction of sp³-hybridized carbons (Fsp3) is 0.417. The van der Waals surface area contributed by atoms with Crippen molar-refractivity contribution < 1.29 is 9.90 Å². The van der Waals surface area contributed by atoms with E-state index in [1.54, 1.807) is 0 Å². The first-order chi connectivity index (χ1) is 6.61. The molecular formula is C12H16O2. The van der Waals surface area contributed by atoms with Crippen molar-refractivity contribution in [2.45, 2.75) is 12.8 Å². The molecule has 2 heteroatoms. The van der Waals surface area contributed by atoms with E-state index < -0.39 is 5.97 Å². The minimum atomic E-state index is -0.907. The molecule has 0 aromatic heterocycles. The Kier molecular flexibility index (Phi) is 3.28. The highest BCUT2D eigenvalue weighted by atomic mass is 16.4. The molecule has 0 aliphatic heterocycles. The third-order valence-electron chi connectivity index (χ3n) is 3.04. The van der Waals surface area contributed by atoms with Crippen LogP contribution in [0.25, 0.3) is 0 Å². The van der Waals surface area contributed by atoms with E-state index in [0.717, 1.165) is 12.8 Å². The molecule has 1 rings (SSSR count). The van der Waals surface area contributed by atoms with Crippen molar-refractivity contribution in [3.05, 3.63) is 37.5 Å². The van der Waals surface area contributed by atoms with Crippen molar-refractivity contribution in [1.82, 2.24) is 0 Å². The maximum atomic E-state index is 10.8. The highest BCUT2D eigenvalue weighted by Crippen LogP contribution is 2.42. The molecule has 0 saturated heterocycles. The van der Waals surface area contributed by atoms with Crippen LogP contribution in [-0.2, 0) is 4.79 Å². The fourth-order valence-electron chi connectivity index (χ4n) is 2.25. The highest BCUT2D eigenvalue weighted by Gasteiger charge is 2.36. The molecular weight excluding hydrogens is 176 g/mol. The second-order valence-corrected chi connectivity index (χ2v) is 3.73. The van der Waals surface area contributed by atoms with Crippen LogP contribution in [0.3, 0.4) is 0 Å². The number of hydrogen-bond donors (Lipinski definition) is 1. The van der Waals surface area contributed by atoms with Gasteiger partial charge in [-0.05, 0) is 24.7 Å². The topological polar surface area (TPSA) is 37.3 Å². The van der Waals surface area contributed by atoms with Gasteiger partial charge in [0.1, 0.15) is 0 Å². The van der Waals surface area contributed by atoms with Crippen LogP contribution in [0.1, 0.15) is 12.8 Å². The fourth-order valence-corrected chi connectivity index (χ4v) is 2.25. The Bertz CT molecular complexity index is 262. The largest absolute Gasteiger partial charge is 0.478 e. The molecule has 1 fully saturated rings. The number of hydrogen-bond acceptors (Lipinski definition) is 1. The standard InChI is InChI=1S/C12H16O2/c1-4-9-6-7-10(5-2)11(9)8(3)12(13)14/h4-5,9-11H,1-3,6-7H2,(H,13,14)/t9-,10+,11?. The maximum Gasteiger partial charge on any atom is 0.331 e. The summed E-state index contributed by atoms with van der Waals surface area (Å²) in [5.41, 5.74) is 0.289. The van der Waals surface area contributed by atoms with Crippen LogP contribution in [-0.4, -0.2) is 11.1 Å². The van der Waals surface area contributed by atoms with Gasteiger partial charge in [-0.3, -0.25) is 0 Å². The van der Waals surface area contributed by atoms with E-state index in [0.29, 0.717) is 0 Å². The summed E-state index contributed by atoms with van der Waals surface area (Å²) in [6.07, 6.45) is 5.64. The lowest BCUT2D eigenvalue weighted by molar-refractivity contribution is -0.133. The number of carboxylic acid groups (broad SMARTS) is 1. The Labute approximate surface area is 84.6 Å². The van der Waals surface area contributed by atoms with Crippen molar-refractivity contribution >= 4 is 5.97 Å². The van der Waals surface area contributed by atoms with Crippen molar-refractivity contribution in [1.29, 1.82) is 0 Å².